The van der Waals surface area contributed by atoms with E-state index in [0.717, 1.165) is 44.2 Å². The summed E-state index contributed by atoms with van der Waals surface area (Å²) in [6.45, 7) is 5.85. The van der Waals surface area contributed by atoms with Gasteiger partial charge in [-0.3, -0.25) is 14.7 Å². The first-order valence-electron chi connectivity index (χ1n) is 11.5. The third-order valence-corrected chi connectivity index (χ3v) is 6.54. The first kappa shape index (κ1) is 26.7. The summed E-state index contributed by atoms with van der Waals surface area (Å²) >= 11 is 0. The third kappa shape index (κ3) is 6.73. The van der Waals surface area contributed by atoms with Gasteiger partial charge in [-0.2, -0.15) is 0 Å². The summed E-state index contributed by atoms with van der Waals surface area (Å²) < 4.78 is 10.6. The number of carbonyl (C=O) groups is 1. The van der Waals surface area contributed by atoms with Crippen LogP contribution in [0.25, 0.3) is 0 Å². The average Bonchev–Trinajstić information content (AvgIpc) is 2.80. The molecule has 1 N–H and O–H groups in total. The van der Waals surface area contributed by atoms with Crippen LogP contribution in [0.3, 0.4) is 0 Å². The van der Waals surface area contributed by atoms with E-state index in [2.05, 4.69) is 39.3 Å². The molecule has 0 aliphatic carbocycles. The van der Waals surface area contributed by atoms with E-state index in [-0.39, 0.29) is 35.9 Å². The molecular weight excluding hydrogens is 519 g/mol. The molecule has 2 fully saturated rings. The molecule has 0 amide bonds. The molecule has 0 saturated carbocycles. The van der Waals surface area contributed by atoms with Crippen LogP contribution < -0.4 is 10.1 Å². The minimum absolute atomic E-state index is 0. The molecule has 180 valence electrons. The highest BCUT2D eigenvalue weighted by atomic mass is 127. The first-order valence-corrected chi connectivity index (χ1v) is 11.5. The molecule has 7 nitrogen and oxygen atoms in total. The molecule has 3 atom stereocenters. The number of halogens is 1. The van der Waals surface area contributed by atoms with Gasteiger partial charge < -0.3 is 19.7 Å². The quantitative estimate of drug-likeness (QED) is 0.250. The minimum atomic E-state index is -0.0869. The Morgan fingerprint density at radius 3 is 2.56 bits per heavy atom. The van der Waals surface area contributed by atoms with Crippen molar-refractivity contribution in [3.05, 3.63) is 29.8 Å². The molecule has 3 unspecified atom stereocenters. The largest absolute Gasteiger partial charge is 0.497 e. The van der Waals surface area contributed by atoms with E-state index in [1.165, 1.54) is 18.4 Å². The lowest BCUT2D eigenvalue weighted by Crippen LogP contribution is -2.50. The summed E-state index contributed by atoms with van der Waals surface area (Å²) in [5, 5.41) is 3.62. The number of benzene rings is 1. The van der Waals surface area contributed by atoms with Crippen LogP contribution in [0.2, 0.25) is 0 Å². The molecule has 0 bridgehead atoms. The van der Waals surface area contributed by atoms with Crippen LogP contribution in [-0.2, 0) is 9.53 Å². The number of nitrogens with zero attached hydrogens (tertiary/aromatic N) is 3. The van der Waals surface area contributed by atoms with Gasteiger partial charge in [-0.15, -0.1) is 24.0 Å². The molecule has 3 rings (SSSR count). The summed E-state index contributed by atoms with van der Waals surface area (Å²) in [6.07, 6.45) is 4.24. The van der Waals surface area contributed by atoms with Gasteiger partial charge in [0.25, 0.3) is 0 Å². The maximum Gasteiger partial charge on any atom is 0.310 e. The lowest BCUT2D eigenvalue weighted by atomic mass is 9.85. The molecule has 0 aromatic heterocycles. The number of likely N-dealkylation sites (tertiary alicyclic amines) is 2. The Morgan fingerprint density at radius 1 is 1.19 bits per heavy atom. The fraction of sp³-hybridized carbons (Fsp3) is 0.667. The zero-order chi connectivity index (χ0) is 22.2. The lowest BCUT2D eigenvalue weighted by molar-refractivity contribution is -0.149. The number of rotatable bonds is 6. The summed E-state index contributed by atoms with van der Waals surface area (Å²) in [4.78, 5) is 21.4. The molecule has 8 heteroatoms. The van der Waals surface area contributed by atoms with Crippen molar-refractivity contribution < 1.29 is 14.3 Å². The fourth-order valence-electron chi connectivity index (χ4n) is 4.98. The number of esters is 1. The van der Waals surface area contributed by atoms with E-state index in [1.54, 1.807) is 7.11 Å². The van der Waals surface area contributed by atoms with Crippen molar-refractivity contribution in [3.63, 3.8) is 0 Å². The first-order chi connectivity index (χ1) is 15.1. The highest BCUT2D eigenvalue weighted by molar-refractivity contribution is 14.0. The van der Waals surface area contributed by atoms with E-state index in [0.29, 0.717) is 25.1 Å². The van der Waals surface area contributed by atoms with Crippen LogP contribution in [0, 0.1) is 11.8 Å². The predicted octanol–water partition coefficient (Wildman–Crippen LogP) is 3.55. The third-order valence-electron chi connectivity index (χ3n) is 6.54. The van der Waals surface area contributed by atoms with Crippen LogP contribution in [0.4, 0.5) is 0 Å². The van der Waals surface area contributed by atoms with E-state index in [1.807, 2.05) is 26.1 Å². The van der Waals surface area contributed by atoms with Crippen molar-refractivity contribution >= 4 is 35.9 Å². The van der Waals surface area contributed by atoms with E-state index >= 15 is 0 Å². The molecule has 1 aromatic carbocycles. The number of hydrogen-bond acceptors (Lipinski definition) is 5. The van der Waals surface area contributed by atoms with Gasteiger partial charge in [0, 0.05) is 32.7 Å². The summed E-state index contributed by atoms with van der Waals surface area (Å²) in [5.41, 5.74) is 1.32. The molecule has 2 saturated heterocycles. The monoisotopic (exact) mass is 558 g/mol. The van der Waals surface area contributed by atoms with Gasteiger partial charge >= 0.3 is 5.97 Å². The van der Waals surface area contributed by atoms with Gasteiger partial charge in [-0.05, 0) is 69.8 Å². The van der Waals surface area contributed by atoms with Crippen LogP contribution in [0.15, 0.2) is 29.3 Å². The summed E-state index contributed by atoms with van der Waals surface area (Å²) in [6, 6.07) is 8.82. The summed E-state index contributed by atoms with van der Waals surface area (Å²) in [7, 11) is 5.74. The SMILES string of the molecule is CCOC(=O)C1CCCN(C(=NC)NCC2CCCN(C)C2c2ccc(OC)cc2)C1.I. The van der Waals surface area contributed by atoms with Crippen molar-refractivity contribution in [1.29, 1.82) is 0 Å². The number of aliphatic imine (C=N–C) groups is 1. The Hall–Kier alpha value is -1.55. The van der Waals surface area contributed by atoms with Crippen LogP contribution in [0.5, 0.6) is 5.75 Å². The highest BCUT2D eigenvalue weighted by Crippen LogP contribution is 2.35. The molecule has 2 heterocycles. The molecule has 2 aliphatic heterocycles. The molecule has 0 spiro atoms. The smallest absolute Gasteiger partial charge is 0.310 e. The number of methoxy groups -OCH3 is 1. The van der Waals surface area contributed by atoms with Crippen LogP contribution in [-0.4, -0.2) is 75.7 Å². The molecule has 0 radical (unpaired) electrons. The van der Waals surface area contributed by atoms with Crippen molar-refractivity contribution in [2.24, 2.45) is 16.8 Å². The van der Waals surface area contributed by atoms with Gasteiger partial charge in [0.05, 0.1) is 19.6 Å². The Morgan fingerprint density at radius 2 is 1.91 bits per heavy atom. The maximum absolute atomic E-state index is 12.2. The normalized spacial score (nSPS) is 24.4. The van der Waals surface area contributed by atoms with Gasteiger partial charge in [0.1, 0.15) is 5.75 Å². The number of hydrogen-bond donors (Lipinski definition) is 1. The van der Waals surface area contributed by atoms with Crippen molar-refractivity contribution in [3.8, 4) is 5.75 Å². The Balaban J connectivity index is 0.00000363. The van der Waals surface area contributed by atoms with Crippen molar-refractivity contribution in [2.45, 2.75) is 38.6 Å². The Bertz CT molecular complexity index is 743. The predicted molar refractivity (Wildman–Crippen MR) is 139 cm³/mol. The fourth-order valence-corrected chi connectivity index (χ4v) is 4.98. The molecule has 2 aliphatic rings. The Kier molecular flexibility index (Phi) is 11.0. The zero-order valence-electron chi connectivity index (χ0n) is 19.9. The zero-order valence-corrected chi connectivity index (χ0v) is 22.2. The molecule has 1 aromatic rings. The molecular formula is C24H39IN4O3. The standard InChI is InChI=1S/C24H38N4O3.HI/c1-5-31-23(29)20-9-7-15-28(17-20)24(25-2)26-16-19-8-6-14-27(3)22(19)18-10-12-21(30-4)13-11-18;/h10-13,19-20,22H,5-9,14-17H2,1-4H3,(H,25,26);1H. The lowest BCUT2D eigenvalue weighted by Gasteiger charge is -2.41. The van der Waals surface area contributed by atoms with E-state index in [9.17, 15) is 4.79 Å². The van der Waals surface area contributed by atoms with Gasteiger partial charge in [0.15, 0.2) is 5.96 Å². The number of ether oxygens (including phenoxy) is 2. The second-order valence-corrected chi connectivity index (χ2v) is 8.57. The highest BCUT2D eigenvalue weighted by Gasteiger charge is 2.32. The van der Waals surface area contributed by atoms with Gasteiger partial charge in [0.2, 0.25) is 0 Å². The number of carbonyl (C=O) groups excluding carboxylic acids is 1. The topological polar surface area (TPSA) is 66.4 Å². The van der Waals surface area contributed by atoms with E-state index < -0.39 is 0 Å². The number of nitrogens with one attached hydrogen (secondary N) is 1. The van der Waals surface area contributed by atoms with Gasteiger partial charge in [-0.1, -0.05) is 12.1 Å². The number of piperidine rings is 2. The van der Waals surface area contributed by atoms with Crippen molar-refractivity contribution in [2.75, 3.05) is 54.0 Å². The molecule has 32 heavy (non-hydrogen) atoms. The minimum Gasteiger partial charge on any atom is -0.497 e. The van der Waals surface area contributed by atoms with Crippen molar-refractivity contribution in [1.82, 2.24) is 15.1 Å². The van der Waals surface area contributed by atoms with Crippen LogP contribution in [0.1, 0.15) is 44.2 Å². The average molecular weight is 559 g/mol. The Labute approximate surface area is 209 Å². The summed E-state index contributed by atoms with van der Waals surface area (Å²) in [5.74, 6) is 2.10. The second-order valence-electron chi connectivity index (χ2n) is 8.57. The van der Waals surface area contributed by atoms with E-state index in [4.69, 9.17) is 9.47 Å². The van der Waals surface area contributed by atoms with Gasteiger partial charge in [-0.25, -0.2) is 0 Å². The number of guanidine groups is 1. The van der Waals surface area contributed by atoms with Crippen LogP contribution >= 0.6 is 24.0 Å². The second kappa shape index (κ2) is 13.2. The maximum atomic E-state index is 12.2.